The monoisotopic (exact) mass is 470 g/mol. The topological polar surface area (TPSA) is 51.1 Å². The summed E-state index contributed by atoms with van der Waals surface area (Å²) >= 11 is 19.9. The zero-order valence-electron chi connectivity index (χ0n) is 15.8. The maximum Gasteiger partial charge on any atom is 0.266 e. The fourth-order valence-electron chi connectivity index (χ4n) is 2.65. The molecule has 1 fully saturated rings. The molecule has 0 aromatic heterocycles. The summed E-state index contributed by atoms with van der Waals surface area (Å²) in [6, 6.07) is 8.64. The van der Waals surface area contributed by atoms with Crippen molar-refractivity contribution in [2.45, 2.75) is 6.61 Å². The molecule has 0 spiro atoms. The van der Waals surface area contributed by atoms with Crippen LogP contribution >= 0.6 is 46.6 Å². The van der Waals surface area contributed by atoms with Gasteiger partial charge in [0.15, 0.2) is 16.7 Å². The molecule has 3 rings (SSSR count). The van der Waals surface area contributed by atoms with E-state index in [-0.39, 0.29) is 12.5 Å². The van der Waals surface area contributed by atoms with E-state index < -0.39 is 0 Å². The molecule has 0 radical (unpaired) electrons. The number of thioether (sulfide) groups is 1. The van der Waals surface area contributed by atoms with E-state index in [1.807, 2.05) is 0 Å². The van der Waals surface area contributed by atoms with Gasteiger partial charge in [0.1, 0.15) is 6.61 Å². The molecule has 0 unspecified atom stereocenters. The quantitative estimate of drug-likeness (QED) is 0.520. The number of hydrogen-bond donors (Lipinski definition) is 0. The van der Waals surface area contributed by atoms with Gasteiger partial charge in [-0.05, 0) is 47.7 Å². The van der Waals surface area contributed by atoms with Gasteiger partial charge in [-0.15, -0.1) is 0 Å². The number of benzene rings is 2. The van der Waals surface area contributed by atoms with Gasteiger partial charge in [0, 0.05) is 29.7 Å². The van der Waals surface area contributed by atoms with Crippen molar-refractivity contribution in [1.82, 2.24) is 4.90 Å². The summed E-state index contributed by atoms with van der Waals surface area (Å²) < 4.78 is 11.3. The molecule has 1 saturated heterocycles. The molecule has 29 heavy (non-hydrogen) atoms. The van der Waals surface area contributed by atoms with Gasteiger partial charge in [-0.25, -0.2) is 0 Å². The molecule has 2 aromatic rings. The lowest BCUT2D eigenvalue weighted by atomic mass is 10.1. The molecule has 0 N–H and O–H groups in total. The fraction of sp³-hybridized carbons (Fsp3) is 0.200. The molecule has 5 nitrogen and oxygen atoms in total. The highest BCUT2D eigenvalue weighted by Gasteiger charge is 2.29. The molecule has 0 aliphatic carbocycles. The van der Waals surface area contributed by atoms with E-state index in [0.717, 1.165) is 5.56 Å². The van der Waals surface area contributed by atoms with Crippen LogP contribution in [0.5, 0.6) is 11.5 Å². The van der Waals surface area contributed by atoms with E-state index in [4.69, 9.17) is 44.3 Å². The summed E-state index contributed by atoms with van der Waals surface area (Å²) in [7, 11) is 4.86. The number of amidine groups is 1. The average Bonchev–Trinajstić information content (AvgIpc) is 2.95. The Kier molecular flexibility index (Phi) is 7.01. The highest BCUT2D eigenvalue weighted by molar-refractivity contribution is 8.18. The zero-order chi connectivity index (χ0) is 21.1. The van der Waals surface area contributed by atoms with Crippen molar-refractivity contribution in [3.63, 3.8) is 0 Å². The highest BCUT2D eigenvalue weighted by atomic mass is 35.5. The summed E-state index contributed by atoms with van der Waals surface area (Å²) in [4.78, 5) is 18.5. The molecular formula is C20H17Cl3N2O3S. The number of likely N-dealkylation sites (N-methyl/N-ethyl adjacent to an activating group) is 1. The SMILES string of the molecule is CN=C1S/C(=C\c2cc(Cl)c(OCc3ccc(Cl)cc3Cl)c(OC)c2)C(=O)N1C. The van der Waals surface area contributed by atoms with E-state index in [1.165, 1.54) is 23.8 Å². The lowest BCUT2D eigenvalue weighted by molar-refractivity contribution is -0.121. The number of ether oxygens (including phenoxy) is 2. The first-order valence-electron chi connectivity index (χ1n) is 8.42. The Balaban J connectivity index is 1.86. The lowest BCUT2D eigenvalue weighted by Crippen LogP contribution is -2.23. The second kappa shape index (κ2) is 9.30. The van der Waals surface area contributed by atoms with Crippen LogP contribution in [-0.2, 0) is 11.4 Å². The van der Waals surface area contributed by atoms with Gasteiger partial charge in [-0.1, -0.05) is 40.9 Å². The average molecular weight is 472 g/mol. The standard InChI is InChI=1S/C20H17Cl3N2O3S/c1-24-20-25(2)19(26)17(29-20)8-11-6-15(23)18(16(7-11)27-3)28-10-12-4-5-13(21)9-14(12)22/h4-9H,10H2,1-3H3/b17-8-,24-20?. The Labute approximate surface area is 188 Å². The molecule has 0 atom stereocenters. The van der Waals surface area contributed by atoms with Crippen molar-refractivity contribution in [1.29, 1.82) is 0 Å². The largest absolute Gasteiger partial charge is 0.493 e. The summed E-state index contributed by atoms with van der Waals surface area (Å²) in [5.74, 6) is 0.715. The number of amides is 1. The van der Waals surface area contributed by atoms with Crippen LogP contribution in [0.15, 0.2) is 40.2 Å². The van der Waals surface area contributed by atoms with Crippen LogP contribution in [0, 0.1) is 0 Å². The zero-order valence-corrected chi connectivity index (χ0v) is 18.9. The Morgan fingerprint density at radius 2 is 1.93 bits per heavy atom. The maximum absolute atomic E-state index is 12.3. The second-order valence-electron chi connectivity index (χ2n) is 6.04. The number of nitrogens with zero attached hydrogens (tertiary/aromatic N) is 2. The molecule has 2 aromatic carbocycles. The minimum absolute atomic E-state index is 0.122. The third kappa shape index (κ3) is 4.83. The minimum Gasteiger partial charge on any atom is -0.493 e. The normalized spacial score (nSPS) is 16.8. The highest BCUT2D eigenvalue weighted by Crippen LogP contribution is 2.39. The third-order valence-electron chi connectivity index (χ3n) is 4.13. The van der Waals surface area contributed by atoms with Gasteiger partial charge in [0.2, 0.25) is 0 Å². The molecule has 152 valence electrons. The molecule has 0 bridgehead atoms. The summed E-state index contributed by atoms with van der Waals surface area (Å²) in [6.07, 6.45) is 1.75. The van der Waals surface area contributed by atoms with Crippen LogP contribution in [0.2, 0.25) is 15.1 Å². The molecule has 1 aliphatic heterocycles. The Morgan fingerprint density at radius 1 is 1.17 bits per heavy atom. The first-order chi connectivity index (χ1) is 13.8. The Hall–Kier alpha value is -1.86. The van der Waals surface area contributed by atoms with Crippen LogP contribution in [0.1, 0.15) is 11.1 Å². The third-order valence-corrected chi connectivity index (χ3v) is 6.15. The number of rotatable bonds is 5. The summed E-state index contributed by atoms with van der Waals surface area (Å²) in [5, 5.41) is 2.05. The summed E-state index contributed by atoms with van der Waals surface area (Å²) in [6.45, 7) is 0.196. The minimum atomic E-state index is -0.122. The van der Waals surface area contributed by atoms with E-state index in [9.17, 15) is 4.79 Å². The number of methoxy groups -OCH3 is 1. The van der Waals surface area contributed by atoms with E-state index in [1.54, 1.807) is 50.5 Å². The number of halogens is 3. The molecule has 1 heterocycles. The predicted molar refractivity (Wildman–Crippen MR) is 120 cm³/mol. The summed E-state index contributed by atoms with van der Waals surface area (Å²) in [5.41, 5.74) is 1.48. The molecule has 9 heteroatoms. The van der Waals surface area contributed by atoms with Gasteiger partial charge >= 0.3 is 0 Å². The van der Waals surface area contributed by atoms with Crippen molar-refractivity contribution in [2.24, 2.45) is 4.99 Å². The van der Waals surface area contributed by atoms with E-state index in [0.29, 0.717) is 42.2 Å². The van der Waals surface area contributed by atoms with Crippen molar-refractivity contribution in [3.05, 3.63) is 61.4 Å². The first kappa shape index (κ1) is 21.8. The van der Waals surface area contributed by atoms with Crippen LogP contribution in [0.25, 0.3) is 6.08 Å². The smallest absolute Gasteiger partial charge is 0.266 e. The second-order valence-corrected chi connectivity index (χ2v) is 8.30. The van der Waals surface area contributed by atoms with Crippen LogP contribution in [-0.4, -0.2) is 37.2 Å². The molecule has 1 amide bonds. The van der Waals surface area contributed by atoms with Crippen molar-refractivity contribution < 1.29 is 14.3 Å². The van der Waals surface area contributed by atoms with Gasteiger partial charge in [0.25, 0.3) is 5.91 Å². The molecular weight excluding hydrogens is 455 g/mol. The number of carbonyl (C=O) groups excluding carboxylic acids is 1. The fourth-order valence-corrected chi connectivity index (χ4v) is 4.32. The van der Waals surface area contributed by atoms with Gasteiger partial charge in [-0.3, -0.25) is 14.7 Å². The van der Waals surface area contributed by atoms with Gasteiger partial charge in [0.05, 0.1) is 17.0 Å². The molecule has 1 aliphatic rings. The number of carbonyl (C=O) groups is 1. The van der Waals surface area contributed by atoms with Crippen LogP contribution in [0.3, 0.4) is 0 Å². The van der Waals surface area contributed by atoms with Crippen LogP contribution < -0.4 is 9.47 Å². The van der Waals surface area contributed by atoms with E-state index in [2.05, 4.69) is 4.99 Å². The number of hydrogen-bond acceptors (Lipinski definition) is 5. The van der Waals surface area contributed by atoms with Gasteiger partial charge < -0.3 is 9.47 Å². The van der Waals surface area contributed by atoms with Gasteiger partial charge in [-0.2, -0.15) is 0 Å². The van der Waals surface area contributed by atoms with Crippen molar-refractivity contribution in [2.75, 3.05) is 21.2 Å². The van der Waals surface area contributed by atoms with Crippen molar-refractivity contribution >= 4 is 63.7 Å². The van der Waals surface area contributed by atoms with Crippen LogP contribution in [0.4, 0.5) is 0 Å². The number of aliphatic imine (C=N–C) groups is 1. The van der Waals surface area contributed by atoms with Crippen molar-refractivity contribution in [3.8, 4) is 11.5 Å². The predicted octanol–water partition coefficient (Wildman–Crippen LogP) is 5.77. The maximum atomic E-state index is 12.3. The Bertz CT molecular complexity index is 1020. The Morgan fingerprint density at radius 3 is 2.55 bits per heavy atom. The molecule has 0 saturated carbocycles. The lowest BCUT2D eigenvalue weighted by Gasteiger charge is -2.14. The first-order valence-corrected chi connectivity index (χ1v) is 10.4. The van der Waals surface area contributed by atoms with E-state index >= 15 is 0 Å².